The lowest BCUT2D eigenvalue weighted by Crippen LogP contribution is -2.19. The molecule has 0 N–H and O–H groups in total. The van der Waals surface area contributed by atoms with Crippen LogP contribution in [0.2, 0.25) is 0 Å². The molecule has 19 heavy (non-hydrogen) atoms. The van der Waals surface area contributed by atoms with Crippen molar-refractivity contribution in [3.63, 3.8) is 0 Å². The summed E-state index contributed by atoms with van der Waals surface area (Å²) in [6.45, 7) is 1.59. The van der Waals surface area contributed by atoms with E-state index in [1.807, 2.05) is 19.1 Å². The van der Waals surface area contributed by atoms with Crippen molar-refractivity contribution in [3.05, 3.63) is 29.8 Å². The molecule has 1 aromatic carbocycles. The van der Waals surface area contributed by atoms with Gasteiger partial charge in [0.05, 0.1) is 13.2 Å². The third-order valence-electron chi connectivity index (χ3n) is 2.19. The van der Waals surface area contributed by atoms with Crippen molar-refractivity contribution in [3.8, 4) is 5.75 Å². The van der Waals surface area contributed by atoms with Crippen molar-refractivity contribution >= 4 is 0 Å². The molecule has 1 aromatic rings. The number of ether oxygens (including phenoxy) is 3. The van der Waals surface area contributed by atoms with Crippen LogP contribution in [0.5, 0.6) is 5.75 Å². The highest BCUT2D eigenvalue weighted by Crippen LogP contribution is 2.19. The van der Waals surface area contributed by atoms with Crippen LogP contribution in [-0.2, 0) is 16.1 Å². The first-order chi connectivity index (χ1) is 9.03. The zero-order valence-corrected chi connectivity index (χ0v) is 10.7. The molecule has 0 aliphatic heterocycles. The van der Waals surface area contributed by atoms with Gasteiger partial charge in [0.15, 0.2) is 0 Å². The topological polar surface area (TPSA) is 27.7 Å². The summed E-state index contributed by atoms with van der Waals surface area (Å²) in [6, 6.07) is 7.24. The Bertz CT molecular complexity index is 366. The molecule has 0 atom stereocenters. The van der Waals surface area contributed by atoms with Crippen LogP contribution < -0.4 is 4.74 Å². The van der Waals surface area contributed by atoms with Gasteiger partial charge in [0.25, 0.3) is 0 Å². The smallest absolute Gasteiger partial charge is 0.411 e. The van der Waals surface area contributed by atoms with E-state index in [1.54, 1.807) is 12.1 Å². The van der Waals surface area contributed by atoms with Crippen molar-refractivity contribution in [2.45, 2.75) is 19.7 Å². The molecule has 0 fully saturated rings. The van der Waals surface area contributed by atoms with Gasteiger partial charge < -0.3 is 14.2 Å². The number of para-hydroxylation sites is 1. The number of alkyl halides is 3. The van der Waals surface area contributed by atoms with Gasteiger partial charge in [-0.15, -0.1) is 0 Å². The van der Waals surface area contributed by atoms with Crippen molar-refractivity contribution in [2.24, 2.45) is 0 Å². The molecule has 0 bridgehead atoms. The summed E-state index contributed by atoms with van der Waals surface area (Å²) in [7, 11) is 0. The first-order valence-electron chi connectivity index (χ1n) is 5.96. The van der Waals surface area contributed by atoms with Gasteiger partial charge in [-0.05, 0) is 13.0 Å². The van der Waals surface area contributed by atoms with E-state index in [9.17, 15) is 13.2 Å². The van der Waals surface area contributed by atoms with E-state index in [0.717, 1.165) is 5.56 Å². The van der Waals surface area contributed by atoms with Crippen LogP contribution in [0.4, 0.5) is 13.2 Å². The predicted molar refractivity (Wildman–Crippen MR) is 64.1 cm³/mol. The first kappa shape index (κ1) is 15.8. The van der Waals surface area contributed by atoms with Gasteiger partial charge >= 0.3 is 6.18 Å². The van der Waals surface area contributed by atoms with Crippen LogP contribution in [0.3, 0.4) is 0 Å². The Morgan fingerprint density at radius 1 is 1.05 bits per heavy atom. The quantitative estimate of drug-likeness (QED) is 0.684. The molecule has 0 saturated heterocycles. The second-order valence-electron chi connectivity index (χ2n) is 3.76. The third kappa shape index (κ3) is 7.03. The van der Waals surface area contributed by atoms with Crippen molar-refractivity contribution in [2.75, 3.05) is 26.4 Å². The van der Waals surface area contributed by atoms with E-state index in [2.05, 4.69) is 4.74 Å². The van der Waals surface area contributed by atoms with E-state index < -0.39 is 12.8 Å². The Hall–Kier alpha value is -1.27. The lowest BCUT2D eigenvalue weighted by molar-refractivity contribution is -0.175. The second-order valence-corrected chi connectivity index (χ2v) is 3.76. The SMILES string of the molecule is CCOCc1ccccc1OCCOCC(F)(F)F. The lowest BCUT2D eigenvalue weighted by atomic mass is 10.2. The number of hydrogen-bond acceptors (Lipinski definition) is 3. The molecule has 0 unspecified atom stereocenters. The summed E-state index contributed by atoms with van der Waals surface area (Å²) in [5, 5.41) is 0. The average molecular weight is 278 g/mol. The van der Waals surface area contributed by atoms with Crippen LogP contribution in [0.1, 0.15) is 12.5 Å². The molecule has 0 aliphatic carbocycles. The molecule has 6 heteroatoms. The fourth-order valence-electron chi connectivity index (χ4n) is 1.37. The lowest BCUT2D eigenvalue weighted by Gasteiger charge is -2.12. The molecular weight excluding hydrogens is 261 g/mol. The second kappa shape index (κ2) is 8.01. The maximum absolute atomic E-state index is 11.8. The summed E-state index contributed by atoms with van der Waals surface area (Å²) >= 11 is 0. The van der Waals surface area contributed by atoms with Crippen LogP contribution in [0.25, 0.3) is 0 Å². The maximum Gasteiger partial charge on any atom is 0.411 e. The fraction of sp³-hybridized carbons (Fsp3) is 0.538. The van der Waals surface area contributed by atoms with E-state index >= 15 is 0 Å². The van der Waals surface area contributed by atoms with Crippen LogP contribution in [0, 0.1) is 0 Å². The third-order valence-corrected chi connectivity index (χ3v) is 2.19. The van der Waals surface area contributed by atoms with E-state index in [4.69, 9.17) is 9.47 Å². The molecule has 3 nitrogen and oxygen atoms in total. The Kier molecular flexibility index (Phi) is 6.66. The highest BCUT2D eigenvalue weighted by molar-refractivity contribution is 5.32. The zero-order valence-electron chi connectivity index (χ0n) is 10.7. The highest BCUT2D eigenvalue weighted by atomic mass is 19.4. The number of halogens is 3. The van der Waals surface area contributed by atoms with Crippen molar-refractivity contribution in [1.29, 1.82) is 0 Å². The molecule has 0 amide bonds. The molecular formula is C13H17F3O3. The summed E-state index contributed by atoms with van der Waals surface area (Å²) < 4.78 is 50.6. The minimum Gasteiger partial charge on any atom is -0.491 e. The molecule has 108 valence electrons. The van der Waals surface area contributed by atoms with E-state index in [0.29, 0.717) is 19.0 Å². The monoisotopic (exact) mass is 278 g/mol. The van der Waals surface area contributed by atoms with Crippen molar-refractivity contribution < 1.29 is 27.4 Å². The molecule has 0 aromatic heterocycles. The van der Waals surface area contributed by atoms with E-state index in [1.165, 1.54) is 0 Å². The van der Waals surface area contributed by atoms with Crippen LogP contribution in [0.15, 0.2) is 24.3 Å². The number of rotatable bonds is 8. The Labute approximate surface area is 110 Å². The molecule has 0 radical (unpaired) electrons. The Morgan fingerprint density at radius 3 is 2.47 bits per heavy atom. The van der Waals surface area contributed by atoms with Gasteiger partial charge in [-0.3, -0.25) is 0 Å². The Morgan fingerprint density at radius 2 is 1.79 bits per heavy atom. The normalized spacial score (nSPS) is 11.6. The minimum atomic E-state index is -4.30. The van der Waals surface area contributed by atoms with E-state index in [-0.39, 0.29) is 13.2 Å². The van der Waals surface area contributed by atoms with Gasteiger partial charge in [-0.25, -0.2) is 0 Å². The van der Waals surface area contributed by atoms with Crippen LogP contribution in [-0.4, -0.2) is 32.6 Å². The average Bonchev–Trinajstić information content (AvgIpc) is 2.36. The summed E-state index contributed by atoms with van der Waals surface area (Å²) in [4.78, 5) is 0. The van der Waals surface area contributed by atoms with Gasteiger partial charge in [-0.2, -0.15) is 13.2 Å². The number of hydrogen-bond donors (Lipinski definition) is 0. The minimum absolute atomic E-state index is 0.0687. The van der Waals surface area contributed by atoms with Crippen molar-refractivity contribution in [1.82, 2.24) is 0 Å². The molecule has 1 rings (SSSR count). The number of benzene rings is 1. The zero-order chi connectivity index (χ0) is 14.1. The van der Waals surface area contributed by atoms with Crippen LogP contribution >= 0.6 is 0 Å². The molecule has 0 saturated carbocycles. The first-order valence-corrected chi connectivity index (χ1v) is 5.96. The summed E-state index contributed by atoms with van der Waals surface area (Å²) in [5.74, 6) is 0.603. The molecule has 0 heterocycles. The summed E-state index contributed by atoms with van der Waals surface area (Å²) in [6.07, 6.45) is -4.30. The molecule has 0 spiro atoms. The largest absolute Gasteiger partial charge is 0.491 e. The highest BCUT2D eigenvalue weighted by Gasteiger charge is 2.27. The van der Waals surface area contributed by atoms with Gasteiger partial charge in [-0.1, -0.05) is 18.2 Å². The van der Waals surface area contributed by atoms with Gasteiger partial charge in [0, 0.05) is 12.2 Å². The van der Waals surface area contributed by atoms with Gasteiger partial charge in [0.2, 0.25) is 0 Å². The standard InChI is InChI=1S/C13H17F3O3/c1-2-17-9-11-5-3-4-6-12(11)19-8-7-18-10-13(14,15)16/h3-6H,2,7-10H2,1H3. The molecule has 0 aliphatic rings. The summed E-state index contributed by atoms with van der Waals surface area (Å²) in [5.41, 5.74) is 0.861. The predicted octanol–water partition coefficient (Wildman–Crippen LogP) is 3.18. The fourth-order valence-corrected chi connectivity index (χ4v) is 1.37. The van der Waals surface area contributed by atoms with Gasteiger partial charge in [0.1, 0.15) is 19.0 Å². The maximum atomic E-state index is 11.8. The Balaban J connectivity index is 2.32.